The predicted octanol–water partition coefficient (Wildman–Crippen LogP) is 1.24. The first kappa shape index (κ1) is 9.64. The number of carbonyl (C=O) groups excluding carboxylic acids is 1. The highest BCUT2D eigenvalue weighted by Crippen LogP contribution is 2.11. The van der Waals surface area contributed by atoms with Gasteiger partial charge in [-0.2, -0.15) is 0 Å². The van der Waals surface area contributed by atoms with Gasteiger partial charge in [-0.25, -0.2) is 4.39 Å². The second-order valence-electron chi connectivity index (χ2n) is 2.67. The Morgan fingerprint density at radius 3 is 2.85 bits per heavy atom. The molecule has 1 rings (SSSR count). The molecule has 0 saturated heterocycles. The van der Waals surface area contributed by atoms with Crippen molar-refractivity contribution in [3.63, 3.8) is 0 Å². The highest BCUT2D eigenvalue weighted by molar-refractivity contribution is 5.72. The minimum Gasteiger partial charge on any atom is -0.469 e. The molecule has 3 nitrogen and oxygen atoms in total. The topological polar surface area (TPSA) is 39.2 Å². The number of aryl methyl sites for hydroxylation is 1. The van der Waals surface area contributed by atoms with Crippen LogP contribution in [-0.2, 0) is 16.0 Å². The van der Waals surface area contributed by atoms with E-state index < -0.39 is 11.8 Å². The standard InChI is InChI=1S/C9H10FNO2/c1-6-4-11-5-8(10)7(6)3-9(12)13-2/h4-5H,3H2,1-2H3. The Labute approximate surface area is 75.6 Å². The first-order chi connectivity index (χ1) is 6.15. The van der Waals surface area contributed by atoms with Gasteiger partial charge < -0.3 is 4.74 Å². The number of aromatic nitrogens is 1. The molecule has 0 fully saturated rings. The van der Waals surface area contributed by atoms with E-state index in [1.54, 1.807) is 6.92 Å². The van der Waals surface area contributed by atoms with Crippen LogP contribution >= 0.6 is 0 Å². The first-order valence-corrected chi connectivity index (χ1v) is 3.81. The average molecular weight is 183 g/mol. The van der Waals surface area contributed by atoms with Crippen LogP contribution in [0.5, 0.6) is 0 Å². The summed E-state index contributed by atoms with van der Waals surface area (Å²) in [5, 5.41) is 0. The van der Waals surface area contributed by atoms with E-state index in [9.17, 15) is 9.18 Å². The van der Waals surface area contributed by atoms with Gasteiger partial charge in [-0.15, -0.1) is 0 Å². The summed E-state index contributed by atoms with van der Waals surface area (Å²) in [4.78, 5) is 14.5. The third kappa shape index (κ3) is 2.24. The van der Waals surface area contributed by atoms with Crippen LogP contribution in [0.4, 0.5) is 4.39 Å². The quantitative estimate of drug-likeness (QED) is 0.647. The molecule has 0 N–H and O–H groups in total. The van der Waals surface area contributed by atoms with Crippen molar-refractivity contribution in [2.24, 2.45) is 0 Å². The molecule has 13 heavy (non-hydrogen) atoms. The van der Waals surface area contributed by atoms with Crippen LogP contribution in [0.15, 0.2) is 12.4 Å². The molecule has 0 aliphatic carbocycles. The number of halogens is 1. The highest BCUT2D eigenvalue weighted by atomic mass is 19.1. The van der Waals surface area contributed by atoms with Crippen molar-refractivity contribution in [3.05, 3.63) is 29.3 Å². The van der Waals surface area contributed by atoms with E-state index in [1.807, 2.05) is 0 Å². The summed E-state index contributed by atoms with van der Waals surface area (Å²) >= 11 is 0. The van der Waals surface area contributed by atoms with Crippen LogP contribution in [0.2, 0.25) is 0 Å². The van der Waals surface area contributed by atoms with Crippen molar-refractivity contribution in [3.8, 4) is 0 Å². The zero-order chi connectivity index (χ0) is 9.84. The number of methoxy groups -OCH3 is 1. The van der Waals surface area contributed by atoms with E-state index in [2.05, 4.69) is 9.72 Å². The van der Waals surface area contributed by atoms with Crippen LogP contribution in [0.1, 0.15) is 11.1 Å². The second-order valence-corrected chi connectivity index (χ2v) is 2.67. The molecule has 0 aliphatic heterocycles. The Hall–Kier alpha value is -1.45. The third-order valence-corrected chi connectivity index (χ3v) is 1.77. The molecule has 0 amide bonds. The Balaban J connectivity index is 2.93. The molecule has 0 spiro atoms. The van der Waals surface area contributed by atoms with Crippen molar-refractivity contribution >= 4 is 5.97 Å². The molecule has 4 heteroatoms. The van der Waals surface area contributed by atoms with Crippen LogP contribution in [-0.4, -0.2) is 18.1 Å². The minimum absolute atomic E-state index is 0.0450. The number of pyridine rings is 1. The number of ether oxygens (including phenoxy) is 1. The third-order valence-electron chi connectivity index (χ3n) is 1.77. The maximum atomic E-state index is 13.1. The van der Waals surface area contributed by atoms with Gasteiger partial charge in [-0.3, -0.25) is 9.78 Å². The molecule has 1 aromatic rings. The number of rotatable bonds is 2. The molecule has 70 valence electrons. The molecular formula is C9H10FNO2. The van der Waals surface area contributed by atoms with Crippen LogP contribution in [0, 0.1) is 12.7 Å². The smallest absolute Gasteiger partial charge is 0.310 e. The van der Waals surface area contributed by atoms with Gasteiger partial charge in [0.05, 0.1) is 19.7 Å². The Kier molecular flexibility index (Phi) is 2.95. The molecule has 1 aromatic heterocycles. The van der Waals surface area contributed by atoms with Crippen molar-refractivity contribution in [2.75, 3.05) is 7.11 Å². The lowest BCUT2D eigenvalue weighted by molar-refractivity contribution is -0.139. The first-order valence-electron chi connectivity index (χ1n) is 3.81. The summed E-state index contributed by atoms with van der Waals surface area (Å²) in [6.07, 6.45) is 2.56. The summed E-state index contributed by atoms with van der Waals surface area (Å²) < 4.78 is 17.5. The lowest BCUT2D eigenvalue weighted by atomic mass is 10.1. The van der Waals surface area contributed by atoms with Gasteiger partial charge in [-0.1, -0.05) is 0 Å². The van der Waals surface area contributed by atoms with Gasteiger partial charge in [0.25, 0.3) is 0 Å². The molecule has 0 aromatic carbocycles. The van der Waals surface area contributed by atoms with Gasteiger partial charge in [-0.05, 0) is 12.5 Å². The Morgan fingerprint density at radius 1 is 1.62 bits per heavy atom. The van der Waals surface area contributed by atoms with E-state index in [4.69, 9.17) is 0 Å². The molecule has 0 bridgehead atoms. The van der Waals surface area contributed by atoms with Crippen LogP contribution < -0.4 is 0 Å². The van der Waals surface area contributed by atoms with E-state index in [-0.39, 0.29) is 6.42 Å². The molecule has 0 radical (unpaired) electrons. The number of nitrogens with zero attached hydrogens (tertiary/aromatic N) is 1. The summed E-state index contributed by atoms with van der Waals surface area (Å²) in [5.41, 5.74) is 1.01. The summed E-state index contributed by atoms with van der Waals surface area (Å²) in [7, 11) is 1.27. The number of hydrogen-bond donors (Lipinski definition) is 0. The van der Waals surface area contributed by atoms with Gasteiger partial charge in [0.15, 0.2) is 0 Å². The fourth-order valence-electron chi connectivity index (χ4n) is 0.999. The Bertz CT molecular complexity index is 305. The summed E-state index contributed by atoms with van der Waals surface area (Å²) in [6, 6.07) is 0. The summed E-state index contributed by atoms with van der Waals surface area (Å²) in [5.74, 6) is -0.918. The van der Waals surface area contributed by atoms with E-state index in [0.29, 0.717) is 11.1 Å². The van der Waals surface area contributed by atoms with Crippen LogP contribution in [0.25, 0.3) is 0 Å². The number of hydrogen-bond acceptors (Lipinski definition) is 3. The van der Waals surface area contributed by atoms with Gasteiger partial charge in [0.2, 0.25) is 0 Å². The SMILES string of the molecule is COC(=O)Cc1c(C)cncc1F. The lowest BCUT2D eigenvalue weighted by Gasteiger charge is -2.04. The maximum Gasteiger partial charge on any atom is 0.310 e. The largest absolute Gasteiger partial charge is 0.469 e. The normalized spacial score (nSPS) is 9.77. The molecule has 0 saturated carbocycles. The fourth-order valence-corrected chi connectivity index (χ4v) is 0.999. The monoisotopic (exact) mass is 183 g/mol. The van der Waals surface area contributed by atoms with E-state index in [1.165, 1.54) is 13.3 Å². The van der Waals surface area contributed by atoms with Crippen molar-refractivity contribution in [1.82, 2.24) is 4.98 Å². The van der Waals surface area contributed by atoms with E-state index >= 15 is 0 Å². The maximum absolute atomic E-state index is 13.1. The average Bonchev–Trinajstić information content (AvgIpc) is 2.11. The molecule has 0 aliphatic rings. The zero-order valence-electron chi connectivity index (χ0n) is 7.50. The molecule has 0 unspecified atom stereocenters. The van der Waals surface area contributed by atoms with Gasteiger partial charge >= 0.3 is 5.97 Å². The minimum atomic E-state index is -0.467. The lowest BCUT2D eigenvalue weighted by Crippen LogP contribution is -2.08. The molecule has 1 heterocycles. The van der Waals surface area contributed by atoms with Crippen molar-refractivity contribution in [1.29, 1.82) is 0 Å². The zero-order valence-corrected chi connectivity index (χ0v) is 7.50. The predicted molar refractivity (Wildman–Crippen MR) is 44.7 cm³/mol. The van der Waals surface area contributed by atoms with Crippen molar-refractivity contribution in [2.45, 2.75) is 13.3 Å². The van der Waals surface area contributed by atoms with E-state index in [0.717, 1.165) is 6.20 Å². The molecule has 0 atom stereocenters. The van der Waals surface area contributed by atoms with Gasteiger partial charge in [0.1, 0.15) is 5.82 Å². The van der Waals surface area contributed by atoms with Crippen molar-refractivity contribution < 1.29 is 13.9 Å². The number of carbonyl (C=O) groups is 1. The van der Waals surface area contributed by atoms with Gasteiger partial charge in [0, 0.05) is 11.8 Å². The fraction of sp³-hybridized carbons (Fsp3) is 0.333. The summed E-state index contributed by atoms with van der Waals surface area (Å²) in [6.45, 7) is 1.70. The Morgan fingerprint density at radius 2 is 2.31 bits per heavy atom. The second kappa shape index (κ2) is 3.98. The molecular weight excluding hydrogens is 173 g/mol. The van der Waals surface area contributed by atoms with Crippen LogP contribution in [0.3, 0.4) is 0 Å². The number of esters is 1. The highest BCUT2D eigenvalue weighted by Gasteiger charge is 2.10.